The van der Waals surface area contributed by atoms with Crippen LogP contribution < -0.4 is 16.4 Å². The van der Waals surface area contributed by atoms with E-state index < -0.39 is 17.5 Å². The first-order valence-electron chi connectivity index (χ1n) is 9.01. The van der Waals surface area contributed by atoms with Gasteiger partial charge in [0.25, 0.3) is 0 Å². The second kappa shape index (κ2) is 8.68. The molecule has 0 atom stereocenters. The second-order valence-corrected chi connectivity index (χ2v) is 9.71. The Balaban J connectivity index is 2.20. The number of fused-ring (bicyclic) bond motifs is 1. The van der Waals surface area contributed by atoms with Gasteiger partial charge in [-0.05, 0) is 61.1 Å². The first-order valence-corrected chi connectivity index (χ1v) is 10.9. The van der Waals surface area contributed by atoms with E-state index in [1.807, 2.05) is 22.6 Å². The van der Waals surface area contributed by atoms with Crippen molar-refractivity contribution < 1.29 is 18.7 Å². The molecule has 1 aromatic heterocycles. The van der Waals surface area contributed by atoms with E-state index >= 15 is 4.39 Å². The minimum absolute atomic E-state index is 0.158. The molecule has 0 saturated heterocycles. The number of carbonyl (C=O) groups excluding carboxylic acids is 2. The van der Waals surface area contributed by atoms with E-state index in [2.05, 4.69) is 16.7 Å². The van der Waals surface area contributed by atoms with Crippen molar-refractivity contribution in [2.45, 2.75) is 26.4 Å². The summed E-state index contributed by atoms with van der Waals surface area (Å²) in [5.74, 6) is -0.708. The summed E-state index contributed by atoms with van der Waals surface area (Å²) in [5, 5.41) is 15.6. The Bertz CT molecular complexity index is 1240. The highest BCUT2D eigenvalue weighted by Crippen LogP contribution is 2.44. The molecule has 2 aromatic carbocycles. The van der Waals surface area contributed by atoms with Gasteiger partial charge in [-0.1, -0.05) is 12.1 Å². The summed E-state index contributed by atoms with van der Waals surface area (Å²) in [6.45, 7) is 5.21. The lowest BCUT2D eigenvalue weighted by Crippen LogP contribution is -2.27. The number of carbonyl (C=O) groups is 2. The molecule has 1 heterocycles. The summed E-state index contributed by atoms with van der Waals surface area (Å²) in [6, 6.07) is 8.85. The average molecular weight is 552 g/mol. The molecule has 4 N–H and O–H groups in total. The molecule has 0 spiro atoms. The van der Waals surface area contributed by atoms with E-state index in [9.17, 15) is 14.9 Å². The third-order valence-electron chi connectivity index (χ3n) is 4.18. The number of anilines is 3. The van der Waals surface area contributed by atoms with E-state index in [1.165, 1.54) is 11.3 Å². The third kappa shape index (κ3) is 4.57. The van der Waals surface area contributed by atoms with Crippen LogP contribution >= 0.6 is 33.9 Å². The van der Waals surface area contributed by atoms with Crippen LogP contribution in [0.1, 0.15) is 26.3 Å². The number of hydrogen-bond donors (Lipinski definition) is 3. The molecular weight excluding hydrogens is 534 g/mol. The summed E-state index contributed by atoms with van der Waals surface area (Å²) in [5.41, 5.74) is 5.99. The molecule has 0 radical (unpaired) electrons. The Labute approximate surface area is 195 Å². The van der Waals surface area contributed by atoms with Gasteiger partial charge in [0.1, 0.15) is 16.7 Å². The minimum Gasteiger partial charge on any atom is -0.444 e. The number of nitriles is 1. The first-order chi connectivity index (χ1) is 14.6. The standard InChI is InChI=1S/C21H18FIN4O3S/c1-21(2,3)30-20(29)27-19-11(8-24)15-10(5-4-6-14(15)31-19)16-12(23)7-13(26-9-28)18(25)17(16)22/h4-7,9H,25H2,1-3H3,(H,26,28)(H,27,29). The molecule has 3 aromatic rings. The summed E-state index contributed by atoms with van der Waals surface area (Å²) in [7, 11) is 0. The molecule has 10 heteroatoms. The Morgan fingerprint density at radius 3 is 2.71 bits per heavy atom. The van der Waals surface area contributed by atoms with Crippen LogP contribution in [0, 0.1) is 20.7 Å². The molecule has 0 aliphatic heterocycles. The van der Waals surface area contributed by atoms with Crippen LogP contribution in [-0.2, 0) is 9.53 Å². The van der Waals surface area contributed by atoms with Gasteiger partial charge in [0.05, 0.1) is 16.9 Å². The molecule has 0 saturated carbocycles. The number of halogens is 2. The monoisotopic (exact) mass is 552 g/mol. The zero-order valence-electron chi connectivity index (χ0n) is 16.8. The van der Waals surface area contributed by atoms with Crippen LogP contribution in [0.3, 0.4) is 0 Å². The van der Waals surface area contributed by atoms with Crippen LogP contribution in [0.15, 0.2) is 24.3 Å². The normalized spacial score (nSPS) is 11.1. The largest absolute Gasteiger partial charge is 0.444 e. The van der Waals surface area contributed by atoms with Crippen molar-refractivity contribution in [1.29, 1.82) is 5.26 Å². The van der Waals surface area contributed by atoms with Crippen LogP contribution in [0.25, 0.3) is 21.2 Å². The molecule has 0 aliphatic rings. The number of nitrogens with zero attached hydrogens (tertiary/aromatic N) is 1. The number of nitrogen functional groups attached to an aromatic ring is 1. The average Bonchev–Trinajstić information content (AvgIpc) is 3.02. The molecule has 7 nitrogen and oxygen atoms in total. The van der Waals surface area contributed by atoms with Crippen molar-refractivity contribution in [2.24, 2.45) is 0 Å². The zero-order valence-corrected chi connectivity index (χ0v) is 19.8. The van der Waals surface area contributed by atoms with Crippen LogP contribution in [0.4, 0.5) is 25.6 Å². The predicted molar refractivity (Wildman–Crippen MR) is 129 cm³/mol. The molecular formula is C21H18FIN4O3S. The Morgan fingerprint density at radius 2 is 2.10 bits per heavy atom. The van der Waals surface area contributed by atoms with Crippen LogP contribution in [-0.4, -0.2) is 18.1 Å². The van der Waals surface area contributed by atoms with Crippen LogP contribution in [0.2, 0.25) is 0 Å². The summed E-state index contributed by atoms with van der Waals surface area (Å²) in [4.78, 5) is 23.0. The molecule has 160 valence electrons. The quantitative estimate of drug-likeness (QED) is 0.219. The van der Waals surface area contributed by atoms with Crippen molar-refractivity contribution in [1.82, 2.24) is 0 Å². The predicted octanol–water partition coefficient (Wildman–Crippen LogP) is 5.68. The molecule has 2 amide bonds. The molecule has 0 bridgehead atoms. The Hall–Kier alpha value is -2.91. The molecule has 3 rings (SSSR count). The molecule has 0 fully saturated rings. The Kier molecular flexibility index (Phi) is 6.38. The number of benzene rings is 2. The highest BCUT2D eigenvalue weighted by atomic mass is 127. The second-order valence-electron chi connectivity index (χ2n) is 7.49. The van der Waals surface area contributed by atoms with Gasteiger partial charge < -0.3 is 15.8 Å². The number of ether oxygens (including phenoxy) is 1. The van der Waals surface area contributed by atoms with Gasteiger partial charge in [-0.25, -0.2) is 9.18 Å². The number of thiophene rings is 1. The van der Waals surface area contributed by atoms with Crippen LogP contribution in [0.5, 0.6) is 0 Å². The van der Waals surface area contributed by atoms with E-state index in [0.29, 0.717) is 30.6 Å². The van der Waals surface area contributed by atoms with Crippen molar-refractivity contribution in [3.63, 3.8) is 0 Å². The maximum absolute atomic E-state index is 15.2. The smallest absolute Gasteiger partial charge is 0.412 e. The highest BCUT2D eigenvalue weighted by Gasteiger charge is 2.24. The van der Waals surface area contributed by atoms with Gasteiger partial charge in [-0.15, -0.1) is 11.3 Å². The fourth-order valence-corrected chi connectivity index (χ4v) is 4.92. The molecule has 0 unspecified atom stereocenters. The van der Waals surface area contributed by atoms with E-state index in [1.54, 1.807) is 45.0 Å². The minimum atomic E-state index is -0.708. The van der Waals surface area contributed by atoms with Crippen molar-refractivity contribution >= 4 is 72.9 Å². The maximum Gasteiger partial charge on any atom is 0.412 e. The number of rotatable bonds is 4. The SMILES string of the molecule is CC(C)(C)OC(=O)Nc1sc2cccc(-c3c(I)cc(NC=O)c(N)c3F)c2c1C#N. The molecule has 0 aliphatic carbocycles. The third-order valence-corrected chi connectivity index (χ3v) is 6.10. The van der Waals surface area contributed by atoms with Gasteiger partial charge in [-0.2, -0.15) is 5.26 Å². The van der Waals surface area contributed by atoms with Gasteiger partial charge in [-0.3, -0.25) is 10.1 Å². The van der Waals surface area contributed by atoms with Crippen molar-refractivity contribution in [2.75, 3.05) is 16.4 Å². The summed E-state index contributed by atoms with van der Waals surface area (Å²) >= 11 is 3.14. The van der Waals surface area contributed by atoms with E-state index in [4.69, 9.17) is 10.5 Å². The van der Waals surface area contributed by atoms with Gasteiger partial charge >= 0.3 is 6.09 Å². The fourth-order valence-electron chi connectivity index (χ4n) is 3.01. The molecule has 31 heavy (non-hydrogen) atoms. The van der Waals surface area contributed by atoms with Gasteiger partial charge in [0.15, 0.2) is 5.82 Å². The first kappa shape index (κ1) is 22.8. The number of nitrogens with one attached hydrogen (secondary N) is 2. The lowest BCUT2D eigenvalue weighted by molar-refractivity contribution is -0.105. The number of nitrogens with two attached hydrogens (primary N) is 1. The summed E-state index contributed by atoms with van der Waals surface area (Å²) in [6.07, 6.45) is -0.269. The highest BCUT2D eigenvalue weighted by molar-refractivity contribution is 14.1. The number of amides is 2. The van der Waals surface area contributed by atoms with Gasteiger partial charge in [0.2, 0.25) is 6.41 Å². The zero-order chi connectivity index (χ0) is 22.9. The number of hydrogen-bond acceptors (Lipinski definition) is 6. The van der Waals surface area contributed by atoms with Crippen molar-refractivity contribution in [3.8, 4) is 17.2 Å². The van der Waals surface area contributed by atoms with E-state index in [-0.39, 0.29) is 22.5 Å². The Morgan fingerprint density at radius 1 is 1.39 bits per heavy atom. The van der Waals surface area contributed by atoms with Crippen molar-refractivity contribution in [3.05, 3.63) is 39.2 Å². The summed E-state index contributed by atoms with van der Waals surface area (Å²) < 4.78 is 21.7. The lowest BCUT2D eigenvalue weighted by atomic mass is 9.98. The fraction of sp³-hybridized carbons (Fsp3) is 0.190. The van der Waals surface area contributed by atoms with E-state index in [0.717, 1.165) is 0 Å². The lowest BCUT2D eigenvalue weighted by Gasteiger charge is -2.19. The van der Waals surface area contributed by atoms with Gasteiger partial charge in [0, 0.05) is 19.2 Å². The maximum atomic E-state index is 15.2. The topological polar surface area (TPSA) is 117 Å².